The van der Waals surface area contributed by atoms with Gasteiger partial charge in [-0.25, -0.2) is 4.99 Å². The Bertz CT molecular complexity index is 1020. The molecule has 2 N–H and O–H groups in total. The van der Waals surface area contributed by atoms with Crippen LogP contribution in [-0.4, -0.2) is 47.2 Å². The lowest BCUT2D eigenvalue weighted by Gasteiger charge is -2.19. The van der Waals surface area contributed by atoms with Crippen LogP contribution < -0.4 is 10.6 Å². The van der Waals surface area contributed by atoms with Crippen LogP contribution in [0.1, 0.15) is 24.1 Å². The Kier molecular flexibility index (Phi) is 9.70. The lowest BCUT2D eigenvalue weighted by molar-refractivity contribution is -0.127. The summed E-state index contributed by atoms with van der Waals surface area (Å²) in [4.78, 5) is 18.4. The Morgan fingerprint density at radius 2 is 1.72 bits per heavy atom. The summed E-state index contributed by atoms with van der Waals surface area (Å²) in [5, 5.41) is 11.2. The Morgan fingerprint density at radius 3 is 2.34 bits per heavy atom. The van der Waals surface area contributed by atoms with Gasteiger partial charge in [0.05, 0.1) is 24.8 Å². The first-order chi connectivity index (χ1) is 14.9. The predicted molar refractivity (Wildman–Crippen MR) is 140 cm³/mol. The molecule has 0 aliphatic heterocycles. The summed E-state index contributed by atoms with van der Waals surface area (Å²) >= 11 is 0. The van der Waals surface area contributed by atoms with E-state index < -0.39 is 0 Å². The molecule has 0 radical (unpaired) electrons. The number of rotatable bonds is 7. The molecule has 2 aromatic carbocycles. The van der Waals surface area contributed by atoms with Crippen LogP contribution in [0.3, 0.4) is 0 Å². The van der Waals surface area contributed by atoms with Gasteiger partial charge in [0.1, 0.15) is 0 Å². The third kappa shape index (κ3) is 7.08. The van der Waals surface area contributed by atoms with Crippen molar-refractivity contribution < 1.29 is 4.79 Å². The fourth-order valence-corrected chi connectivity index (χ4v) is 3.16. The van der Waals surface area contributed by atoms with Gasteiger partial charge in [-0.15, -0.1) is 24.0 Å². The van der Waals surface area contributed by atoms with Crippen molar-refractivity contribution in [1.29, 1.82) is 0 Å². The van der Waals surface area contributed by atoms with E-state index in [0.29, 0.717) is 12.5 Å². The van der Waals surface area contributed by atoms with E-state index in [1.54, 1.807) is 23.7 Å². The maximum Gasteiger partial charge on any atom is 0.241 e. The second-order valence-electron chi connectivity index (χ2n) is 7.63. The lowest BCUT2D eigenvalue weighted by Crippen LogP contribution is -2.43. The third-order valence-electron chi connectivity index (χ3n) is 4.92. The molecule has 1 aromatic heterocycles. The molecule has 3 aromatic rings. The maximum absolute atomic E-state index is 12.1. The first kappa shape index (κ1) is 25.4. The predicted octanol–water partition coefficient (Wildman–Crippen LogP) is 3.59. The fourth-order valence-electron chi connectivity index (χ4n) is 3.16. The molecule has 1 unspecified atom stereocenters. The monoisotopic (exact) mass is 546 g/mol. The second-order valence-corrected chi connectivity index (χ2v) is 7.63. The number of aryl methyl sites for hydroxylation is 1. The highest BCUT2D eigenvalue weighted by molar-refractivity contribution is 14.0. The molecule has 0 aliphatic rings. The number of aromatic nitrogens is 2. The number of carbonyl (C=O) groups is 1. The van der Waals surface area contributed by atoms with E-state index in [-0.39, 0.29) is 42.5 Å². The minimum absolute atomic E-state index is 0. The van der Waals surface area contributed by atoms with Gasteiger partial charge in [-0.3, -0.25) is 9.48 Å². The van der Waals surface area contributed by atoms with Crippen LogP contribution in [-0.2, 0) is 18.4 Å². The fraction of sp³-hybridized carbons (Fsp3) is 0.292. The molecule has 7 nitrogen and oxygen atoms in total. The number of halogens is 1. The number of benzene rings is 2. The highest BCUT2D eigenvalue weighted by Crippen LogP contribution is 2.22. The number of nitrogens with zero attached hydrogens (tertiary/aromatic N) is 4. The van der Waals surface area contributed by atoms with Gasteiger partial charge in [0, 0.05) is 38.5 Å². The Hall–Kier alpha value is -2.88. The summed E-state index contributed by atoms with van der Waals surface area (Å²) in [6, 6.07) is 20.2. The Morgan fingerprint density at radius 1 is 1.09 bits per heavy atom. The molecule has 0 aliphatic carbocycles. The molecule has 3 rings (SSSR count). The van der Waals surface area contributed by atoms with Crippen molar-refractivity contribution in [3.05, 3.63) is 78.0 Å². The van der Waals surface area contributed by atoms with Gasteiger partial charge < -0.3 is 15.5 Å². The molecule has 170 valence electrons. The van der Waals surface area contributed by atoms with Crippen LogP contribution in [0, 0.1) is 0 Å². The molecule has 0 fully saturated rings. The normalized spacial score (nSPS) is 11.9. The summed E-state index contributed by atoms with van der Waals surface area (Å²) in [5.74, 6) is 0.558. The SMILES string of the molecule is CC(NC(=NCc1cn(C)nc1-c1ccccc1)NCC(=O)N(C)C)c1ccccc1.I. The van der Waals surface area contributed by atoms with Crippen LogP contribution in [0.25, 0.3) is 11.3 Å². The summed E-state index contributed by atoms with van der Waals surface area (Å²) < 4.78 is 1.80. The molecular formula is C24H31IN6O. The van der Waals surface area contributed by atoms with Crippen LogP contribution in [0.4, 0.5) is 0 Å². The molecule has 0 saturated heterocycles. The number of aliphatic imine (C=N–C) groups is 1. The number of nitrogens with one attached hydrogen (secondary N) is 2. The number of hydrogen-bond donors (Lipinski definition) is 2. The summed E-state index contributed by atoms with van der Waals surface area (Å²) in [6.07, 6.45) is 1.98. The van der Waals surface area contributed by atoms with Gasteiger partial charge in [0.2, 0.25) is 5.91 Å². The van der Waals surface area contributed by atoms with Crippen molar-refractivity contribution in [1.82, 2.24) is 25.3 Å². The number of guanidine groups is 1. The average Bonchev–Trinajstić information content (AvgIpc) is 3.16. The number of carbonyl (C=O) groups excluding carboxylic acids is 1. The van der Waals surface area contributed by atoms with Crippen molar-refractivity contribution in [3.8, 4) is 11.3 Å². The number of likely N-dealkylation sites (N-methyl/N-ethyl adjacent to an activating group) is 1. The van der Waals surface area contributed by atoms with Gasteiger partial charge in [0.15, 0.2) is 5.96 Å². The van der Waals surface area contributed by atoms with E-state index in [9.17, 15) is 4.79 Å². The van der Waals surface area contributed by atoms with Gasteiger partial charge in [0.25, 0.3) is 0 Å². The van der Waals surface area contributed by atoms with E-state index in [1.165, 1.54) is 0 Å². The van der Waals surface area contributed by atoms with E-state index >= 15 is 0 Å². The lowest BCUT2D eigenvalue weighted by atomic mass is 10.1. The summed E-state index contributed by atoms with van der Waals surface area (Å²) in [6.45, 7) is 2.67. The first-order valence-corrected chi connectivity index (χ1v) is 10.3. The van der Waals surface area contributed by atoms with Crippen molar-refractivity contribution in [2.75, 3.05) is 20.6 Å². The molecule has 1 heterocycles. The molecule has 1 atom stereocenters. The van der Waals surface area contributed by atoms with Gasteiger partial charge in [-0.2, -0.15) is 5.10 Å². The zero-order valence-electron chi connectivity index (χ0n) is 18.9. The van der Waals surface area contributed by atoms with Crippen molar-refractivity contribution in [2.45, 2.75) is 19.5 Å². The maximum atomic E-state index is 12.1. The van der Waals surface area contributed by atoms with Crippen LogP contribution in [0.5, 0.6) is 0 Å². The number of hydrogen-bond acceptors (Lipinski definition) is 3. The quantitative estimate of drug-likeness (QED) is 0.270. The van der Waals surface area contributed by atoms with E-state index in [4.69, 9.17) is 4.99 Å². The van der Waals surface area contributed by atoms with Crippen LogP contribution in [0.15, 0.2) is 71.9 Å². The molecule has 0 spiro atoms. The first-order valence-electron chi connectivity index (χ1n) is 10.3. The van der Waals surface area contributed by atoms with E-state index in [0.717, 1.165) is 22.4 Å². The van der Waals surface area contributed by atoms with Gasteiger partial charge in [-0.1, -0.05) is 60.7 Å². The highest BCUT2D eigenvalue weighted by Gasteiger charge is 2.13. The number of amides is 1. The zero-order valence-corrected chi connectivity index (χ0v) is 21.3. The van der Waals surface area contributed by atoms with E-state index in [1.807, 2.05) is 61.8 Å². The largest absolute Gasteiger partial charge is 0.350 e. The molecule has 0 saturated carbocycles. The smallest absolute Gasteiger partial charge is 0.241 e. The summed E-state index contributed by atoms with van der Waals surface area (Å²) in [7, 11) is 5.38. The zero-order chi connectivity index (χ0) is 22.2. The second kappa shape index (κ2) is 12.2. The van der Waals surface area contributed by atoms with Crippen LogP contribution in [0.2, 0.25) is 0 Å². The third-order valence-corrected chi connectivity index (χ3v) is 4.92. The van der Waals surface area contributed by atoms with Crippen LogP contribution >= 0.6 is 24.0 Å². The molecule has 1 amide bonds. The Labute approximate surface area is 206 Å². The molecule has 8 heteroatoms. The topological polar surface area (TPSA) is 74.5 Å². The minimum Gasteiger partial charge on any atom is -0.350 e. The Balaban J connectivity index is 0.00000363. The van der Waals surface area contributed by atoms with Gasteiger partial charge >= 0.3 is 0 Å². The average molecular weight is 546 g/mol. The van der Waals surface area contributed by atoms with E-state index in [2.05, 4.69) is 34.8 Å². The van der Waals surface area contributed by atoms with Crippen molar-refractivity contribution in [3.63, 3.8) is 0 Å². The molecular weight excluding hydrogens is 515 g/mol. The molecule has 0 bridgehead atoms. The van der Waals surface area contributed by atoms with Crippen molar-refractivity contribution in [2.24, 2.45) is 12.0 Å². The van der Waals surface area contributed by atoms with Gasteiger partial charge in [-0.05, 0) is 12.5 Å². The summed E-state index contributed by atoms with van der Waals surface area (Å²) in [5.41, 5.74) is 4.12. The highest BCUT2D eigenvalue weighted by atomic mass is 127. The standard InChI is InChI=1S/C24H30N6O.HI/c1-18(19-11-7-5-8-12-19)27-24(26-16-22(31)29(2)3)25-15-21-17-30(4)28-23(21)20-13-9-6-10-14-20;/h5-14,17-18H,15-16H2,1-4H3,(H2,25,26,27);1H. The minimum atomic E-state index is -0.0202. The molecule has 32 heavy (non-hydrogen) atoms. The van der Waals surface area contributed by atoms with Crippen molar-refractivity contribution >= 4 is 35.8 Å².